The first-order chi connectivity index (χ1) is 16.3. The normalized spacial score (nSPS) is 10.8. The van der Waals surface area contributed by atoms with Gasteiger partial charge in [-0.2, -0.15) is 4.98 Å². The quantitative estimate of drug-likeness (QED) is 0.321. The van der Waals surface area contributed by atoms with Crippen molar-refractivity contribution in [2.24, 2.45) is 0 Å². The van der Waals surface area contributed by atoms with Crippen LogP contribution in [0.25, 0.3) is 12.2 Å². The van der Waals surface area contributed by atoms with Crippen LogP contribution < -0.4 is 20.3 Å². The maximum absolute atomic E-state index is 12.2. The van der Waals surface area contributed by atoms with Crippen molar-refractivity contribution in [3.63, 3.8) is 0 Å². The van der Waals surface area contributed by atoms with E-state index in [-0.39, 0.29) is 18.3 Å². The topological polar surface area (TPSA) is 157 Å². The van der Waals surface area contributed by atoms with Gasteiger partial charge in [0, 0.05) is 5.69 Å². The van der Waals surface area contributed by atoms with Gasteiger partial charge >= 0.3 is 11.2 Å². The Balaban J connectivity index is 1.66. The van der Waals surface area contributed by atoms with E-state index < -0.39 is 22.0 Å². The van der Waals surface area contributed by atoms with Crippen molar-refractivity contribution in [1.29, 1.82) is 0 Å². The van der Waals surface area contributed by atoms with Crippen LogP contribution in [0.2, 0.25) is 0 Å². The SMILES string of the molecule is CCc1ccc(NC(=O)COc2ccc(/C=C/c3nc(O)c([N+](=O)[O-])c(=O)[nH]3)cc2OC)cc1. The third-order valence-corrected chi connectivity index (χ3v) is 4.70. The van der Waals surface area contributed by atoms with Crippen molar-refractivity contribution >= 4 is 29.4 Å². The molecule has 34 heavy (non-hydrogen) atoms. The average molecular weight is 466 g/mol. The number of rotatable bonds is 9. The number of hydrogen-bond acceptors (Lipinski definition) is 8. The van der Waals surface area contributed by atoms with Gasteiger partial charge < -0.3 is 24.9 Å². The third kappa shape index (κ3) is 5.97. The van der Waals surface area contributed by atoms with Gasteiger partial charge in [-0.1, -0.05) is 31.2 Å². The Morgan fingerprint density at radius 1 is 1.21 bits per heavy atom. The highest BCUT2D eigenvalue weighted by Gasteiger charge is 2.21. The monoisotopic (exact) mass is 466 g/mol. The number of carbonyl (C=O) groups is 1. The van der Waals surface area contributed by atoms with Crippen LogP contribution in [-0.2, 0) is 11.2 Å². The Bertz CT molecular complexity index is 1280. The van der Waals surface area contributed by atoms with Gasteiger partial charge in [0.25, 0.3) is 11.8 Å². The maximum atomic E-state index is 12.2. The van der Waals surface area contributed by atoms with Crippen LogP contribution in [0.5, 0.6) is 17.4 Å². The van der Waals surface area contributed by atoms with Crippen LogP contribution in [0, 0.1) is 10.1 Å². The van der Waals surface area contributed by atoms with E-state index in [2.05, 4.69) is 15.3 Å². The van der Waals surface area contributed by atoms with Gasteiger partial charge in [0.15, 0.2) is 18.1 Å². The van der Waals surface area contributed by atoms with E-state index in [1.54, 1.807) is 24.3 Å². The van der Waals surface area contributed by atoms with Crippen molar-refractivity contribution in [1.82, 2.24) is 9.97 Å². The van der Waals surface area contributed by atoms with Crippen molar-refractivity contribution in [2.75, 3.05) is 19.0 Å². The van der Waals surface area contributed by atoms with Crippen molar-refractivity contribution in [3.8, 4) is 17.4 Å². The van der Waals surface area contributed by atoms with Gasteiger partial charge in [-0.3, -0.25) is 19.7 Å². The lowest BCUT2D eigenvalue weighted by molar-refractivity contribution is -0.387. The van der Waals surface area contributed by atoms with E-state index in [9.17, 15) is 24.8 Å². The van der Waals surface area contributed by atoms with Gasteiger partial charge in [-0.05, 0) is 47.9 Å². The number of nitro groups is 1. The lowest BCUT2D eigenvalue weighted by Gasteiger charge is -2.12. The number of anilines is 1. The van der Waals surface area contributed by atoms with Crippen LogP contribution in [0.15, 0.2) is 47.3 Å². The fourth-order valence-electron chi connectivity index (χ4n) is 2.96. The van der Waals surface area contributed by atoms with Crippen LogP contribution in [0.1, 0.15) is 23.9 Å². The first kappa shape index (κ1) is 24.0. The molecule has 0 aliphatic rings. The molecule has 0 saturated heterocycles. The van der Waals surface area contributed by atoms with Crippen molar-refractivity contribution in [2.45, 2.75) is 13.3 Å². The van der Waals surface area contributed by atoms with Gasteiger partial charge in [0.05, 0.1) is 12.0 Å². The highest BCUT2D eigenvalue weighted by Crippen LogP contribution is 2.29. The van der Waals surface area contributed by atoms with E-state index in [4.69, 9.17) is 9.47 Å². The first-order valence-corrected chi connectivity index (χ1v) is 10.2. The average Bonchev–Trinajstić information content (AvgIpc) is 2.81. The standard InChI is InChI=1S/C23H22N4O7/c1-3-14-4-8-16(9-5-14)24-20(28)13-34-17-10-6-15(12-18(17)33-2)7-11-19-25-22(29)21(27(31)32)23(30)26-19/h4-12H,3,13H2,1-2H3,(H,24,28)(H2,25,26,29,30)/b11-7+. The van der Waals surface area contributed by atoms with E-state index in [0.29, 0.717) is 22.7 Å². The van der Waals surface area contributed by atoms with Gasteiger partial charge in [-0.25, -0.2) is 0 Å². The molecule has 0 aliphatic carbocycles. The maximum Gasteiger partial charge on any atom is 0.395 e. The molecule has 3 rings (SSSR count). The molecule has 0 aliphatic heterocycles. The molecule has 1 aromatic heterocycles. The molecule has 2 aromatic carbocycles. The number of nitrogens with zero attached hydrogens (tertiary/aromatic N) is 2. The molecule has 3 aromatic rings. The molecule has 11 heteroatoms. The lowest BCUT2D eigenvalue weighted by Crippen LogP contribution is -2.20. The third-order valence-electron chi connectivity index (χ3n) is 4.70. The number of methoxy groups -OCH3 is 1. The van der Waals surface area contributed by atoms with Crippen molar-refractivity contribution in [3.05, 3.63) is 79.9 Å². The van der Waals surface area contributed by atoms with Gasteiger partial charge in [-0.15, -0.1) is 0 Å². The molecule has 0 atom stereocenters. The zero-order valence-electron chi connectivity index (χ0n) is 18.4. The number of aromatic hydroxyl groups is 1. The highest BCUT2D eigenvalue weighted by molar-refractivity contribution is 5.91. The summed E-state index contributed by atoms with van der Waals surface area (Å²) in [5, 5.41) is 23.1. The summed E-state index contributed by atoms with van der Waals surface area (Å²) < 4.78 is 10.9. The van der Waals surface area contributed by atoms with E-state index in [1.807, 2.05) is 31.2 Å². The number of aromatic amines is 1. The first-order valence-electron chi connectivity index (χ1n) is 10.2. The molecule has 3 N–H and O–H groups in total. The second-order valence-corrected chi connectivity index (χ2v) is 7.01. The molecule has 0 radical (unpaired) electrons. The second-order valence-electron chi connectivity index (χ2n) is 7.01. The Morgan fingerprint density at radius 2 is 1.94 bits per heavy atom. The number of nitrogens with one attached hydrogen (secondary N) is 2. The minimum Gasteiger partial charge on any atom is -0.493 e. The number of benzene rings is 2. The van der Waals surface area contributed by atoms with E-state index >= 15 is 0 Å². The number of H-pyrrole nitrogens is 1. The summed E-state index contributed by atoms with van der Waals surface area (Å²) in [4.78, 5) is 39.5. The van der Waals surface area contributed by atoms with Crippen molar-refractivity contribution < 1.29 is 24.3 Å². The summed E-state index contributed by atoms with van der Waals surface area (Å²) >= 11 is 0. The molecule has 11 nitrogen and oxygen atoms in total. The van der Waals surface area contributed by atoms with Gasteiger partial charge in [0.2, 0.25) is 0 Å². The zero-order chi connectivity index (χ0) is 24.7. The Hall–Kier alpha value is -4.67. The number of aromatic nitrogens is 2. The molecule has 0 unspecified atom stereocenters. The molecule has 0 bridgehead atoms. The smallest absolute Gasteiger partial charge is 0.395 e. The minimum atomic E-state index is -1.07. The fourth-order valence-corrected chi connectivity index (χ4v) is 2.96. The van der Waals surface area contributed by atoms with E-state index in [0.717, 1.165) is 6.42 Å². The Morgan fingerprint density at radius 3 is 2.56 bits per heavy atom. The summed E-state index contributed by atoms with van der Waals surface area (Å²) in [6.45, 7) is 1.82. The number of ether oxygens (including phenoxy) is 2. The summed E-state index contributed by atoms with van der Waals surface area (Å²) in [6, 6.07) is 12.4. The molecule has 0 saturated carbocycles. The summed E-state index contributed by atoms with van der Waals surface area (Å²) in [7, 11) is 1.44. The molecule has 1 amide bonds. The highest BCUT2D eigenvalue weighted by atomic mass is 16.6. The van der Waals surface area contributed by atoms with E-state index in [1.165, 1.54) is 18.7 Å². The zero-order valence-corrected chi connectivity index (χ0v) is 18.4. The predicted octanol–water partition coefficient (Wildman–Crippen LogP) is 3.14. The molecule has 176 valence electrons. The number of aryl methyl sites for hydroxylation is 1. The van der Waals surface area contributed by atoms with Gasteiger partial charge in [0.1, 0.15) is 5.82 Å². The molecular weight excluding hydrogens is 444 g/mol. The van der Waals surface area contributed by atoms with Crippen LogP contribution in [-0.4, -0.2) is 39.6 Å². The Labute approximate surface area is 193 Å². The summed E-state index contributed by atoms with van der Waals surface area (Å²) in [6.07, 6.45) is 3.81. The number of carbonyl (C=O) groups excluding carboxylic acids is 1. The Kier molecular flexibility index (Phi) is 7.60. The molecule has 0 spiro atoms. The second kappa shape index (κ2) is 10.8. The summed E-state index contributed by atoms with van der Waals surface area (Å²) in [5.41, 5.74) is 0.355. The summed E-state index contributed by atoms with van der Waals surface area (Å²) in [5.74, 6) is -0.681. The fraction of sp³-hybridized carbons (Fsp3) is 0.174. The van der Waals surface area contributed by atoms with Crippen LogP contribution in [0.3, 0.4) is 0 Å². The molecule has 1 heterocycles. The minimum absolute atomic E-state index is 0.0731. The number of amides is 1. The molecular formula is C23H22N4O7. The number of hydrogen-bond donors (Lipinski definition) is 3. The molecule has 0 fully saturated rings. The van der Waals surface area contributed by atoms with Crippen LogP contribution >= 0.6 is 0 Å². The lowest BCUT2D eigenvalue weighted by atomic mass is 10.1. The predicted molar refractivity (Wildman–Crippen MR) is 125 cm³/mol. The van der Waals surface area contributed by atoms with Crippen LogP contribution in [0.4, 0.5) is 11.4 Å². The largest absolute Gasteiger partial charge is 0.493 e.